The van der Waals surface area contributed by atoms with Gasteiger partial charge < -0.3 is 24.4 Å². The molecule has 3 heterocycles. The molecule has 1 N–H and O–H groups in total. The molecule has 1 fully saturated rings. The number of benzene rings is 2. The van der Waals surface area contributed by atoms with Crippen LogP contribution in [0.2, 0.25) is 0 Å². The molecule has 0 radical (unpaired) electrons. The number of nitrogens with zero attached hydrogens (tertiary/aromatic N) is 5. The number of rotatable bonds is 7. The minimum absolute atomic E-state index is 0.0276. The first-order valence-electron chi connectivity index (χ1n) is 12.5. The number of nitro groups is 1. The fraction of sp³-hybridized carbons (Fsp3) is 0.241. The second kappa shape index (κ2) is 10.4. The lowest BCUT2D eigenvalue weighted by Gasteiger charge is -2.28. The minimum Gasteiger partial charge on any atom is -0.496 e. The molecule has 1 saturated heterocycles. The van der Waals surface area contributed by atoms with E-state index in [1.807, 2.05) is 55.6 Å². The molecule has 10 heteroatoms. The van der Waals surface area contributed by atoms with Crippen LogP contribution in [0, 0.1) is 24.0 Å². The molecule has 2 aromatic carbocycles. The summed E-state index contributed by atoms with van der Waals surface area (Å²) in [4.78, 5) is 20.5. The maximum atomic E-state index is 12.0. The first-order valence-corrected chi connectivity index (χ1v) is 12.9. The van der Waals surface area contributed by atoms with Crippen LogP contribution in [0.15, 0.2) is 72.9 Å². The largest absolute Gasteiger partial charge is 0.496 e. The van der Waals surface area contributed by atoms with E-state index < -0.39 is 0 Å². The van der Waals surface area contributed by atoms with Crippen molar-refractivity contribution in [3.05, 3.63) is 106 Å². The Kier molecular flexibility index (Phi) is 6.96. The van der Waals surface area contributed by atoms with E-state index in [1.165, 1.54) is 13.2 Å². The predicted molar refractivity (Wildman–Crippen MR) is 157 cm³/mol. The van der Waals surface area contributed by atoms with Crippen LogP contribution in [0.25, 0.3) is 5.69 Å². The number of hydrogen-bond acceptors (Lipinski definition) is 6. The average molecular weight is 543 g/mol. The Balaban J connectivity index is 1.68. The molecule has 200 valence electrons. The number of thiocarbonyl (C=S) groups is 1. The fourth-order valence-corrected chi connectivity index (χ4v) is 5.63. The Hall–Kier alpha value is -4.44. The van der Waals surface area contributed by atoms with Crippen LogP contribution in [0.5, 0.6) is 5.75 Å². The Morgan fingerprint density at radius 3 is 2.44 bits per heavy atom. The number of anilines is 2. The molecule has 2 atom stereocenters. The summed E-state index contributed by atoms with van der Waals surface area (Å²) in [6.07, 6.45) is 1.77. The summed E-state index contributed by atoms with van der Waals surface area (Å²) in [7, 11) is 5.50. The van der Waals surface area contributed by atoms with Crippen LogP contribution in [0.3, 0.4) is 0 Å². The molecule has 39 heavy (non-hydrogen) atoms. The number of hydrogen-bond donors (Lipinski definition) is 1. The third-order valence-electron chi connectivity index (χ3n) is 7.15. The number of methoxy groups -OCH3 is 1. The van der Waals surface area contributed by atoms with Gasteiger partial charge in [0.05, 0.1) is 35.9 Å². The monoisotopic (exact) mass is 542 g/mol. The molecule has 0 unspecified atom stereocenters. The van der Waals surface area contributed by atoms with Gasteiger partial charge in [0.2, 0.25) is 0 Å². The molecule has 1 aliphatic heterocycles. The second-order valence-electron chi connectivity index (χ2n) is 9.68. The summed E-state index contributed by atoms with van der Waals surface area (Å²) in [5.41, 5.74) is 6.09. The summed E-state index contributed by atoms with van der Waals surface area (Å²) in [6, 6.07) is 20.6. The molecular weight excluding hydrogens is 512 g/mol. The van der Waals surface area contributed by atoms with Gasteiger partial charge in [-0.2, -0.15) is 0 Å². The van der Waals surface area contributed by atoms with Crippen LogP contribution in [-0.4, -0.2) is 40.8 Å². The molecule has 9 nitrogen and oxygen atoms in total. The van der Waals surface area contributed by atoms with Crippen molar-refractivity contribution in [3.63, 3.8) is 0 Å². The van der Waals surface area contributed by atoms with E-state index in [1.54, 1.807) is 18.3 Å². The van der Waals surface area contributed by atoms with Gasteiger partial charge in [0.25, 0.3) is 5.69 Å². The smallest absolute Gasteiger partial charge is 0.296 e. The molecule has 0 spiro atoms. The summed E-state index contributed by atoms with van der Waals surface area (Å²) < 4.78 is 7.18. The number of pyridine rings is 1. The van der Waals surface area contributed by atoms with Gasteiger partial charge in [-0.15, -0.1) is 0 Å². The second-order valence-corrected chi connectivity index (χ2v) is 10.1. The standard InChI is InChI=1S/C29H30N6O3S/c1-18-16-23(19(2)33(18)25-14-13-22(38-5)17-26(25)35(36)37)28-27(24-8-6-7-15-30-24)31-29(39)34(28)21-11-9-20(10-12-21)32(3)4/h6-17,27-28H,1-5H3,(H,31,39)/t27-,28-/m1/s1. The van der Waals surface area contributed by atoms with Crippen molar-refractivity contribution in [2.24, 2.45) is 0 Å². The third-order valence-corrected chi connectivity index (χ3v) is 7.47. The van der Waals surface area contributed by atoms with E-state index in [2.05, 4.69) is 45.5 Å². The lowest BCUT2D eigenvalue weighted by atomic mass is 9.96. The highest BCUT2D eigenvalue weighted by atomic mass is 32.1. The highest BCUT2D eigenvalue weighted by Gasteiger charge is 2.42. The van der Waals surface area contributed by atoms with Gasteiger partial charge >= 0.3 is 0 Å². The Labute approximate surface area is 232 Å². The Morgan fingerprint density at radius 2 is 1.82 bits per heavy atom. The molecule has 0 amide bonds. The average Bonchev–Trinajstić information content (AvgIpc) is 3.43. The first kappa shape index (κ1) is 26.2. The van der Waals surface area contributed by atoms with E-state index in [0.29, 0.717) is 16.5 Å². The van der Waals surface area contributed by atoms with E-state index in [9.17, 15) is 10.1 Å². The van der Waals surface area contributed by atoms with Crippen molar-refractivity contribution in [3.8, 4) is 11.4 Å². The highest BCUT2D eigenvalue weighted by molar-refractivity contribution is 7.80. The van der Waals surface area contributed by atoms with Gasteiger partial charge in [-0.1, -0.05) is 6.07 Å². The van der Waals surface area contributed by atoms with Gasteiger partial charge in [-0.3, -0.25) is 15.1 Å². The van der Waals surface area contributed by atoms with Gasteiger partial charge in [-0.25, -0.2) is 0 Å². The maximum Gasteiger partial charge on any atom is 0.296 e. The third kappa shape index (κ3) is 4.67. The normalized spacial score (nSPS) is 16.7. The summed E-state index contributed by atoms with van der Waals surface area (Å²) in [5, 5.41) is 16.1. The van der Waals surface area contributed by atoms with E-state index in [-0.39, 0.29) is 22.7 Å². The van der Waals surface area contributed by atoms with Crippen molar-refractivity contribution in [2.75, 3.05) is 31.0 Å². The molecule has 5 rings (SSSR count). The predicted octanol–water partition coefficient (Wildman–Crippen LogP) is 5.65. The van der Waals surface area contributed by atoms with Gasteiger partial charge in [0, 0.05) is 43.1 Å². The first-order chi connectivity index (χ1) is 18.7. The number of nitrogens with one attached hydrogen (secondary N) is 1. The molecule has 1 aliphatic rings. The zero-order valence-electron chi connectivity index (χ0n) is 22.5. The van der Waals surface area contributed by atoms with Crippen LogP contribution < -0.4 is 19.9 Å². The SMILES string of the molecule is COc1ccc(-n2c(C)cc([C@@H]3[C@@H](c4ccccn4)NC(=S)N3c3ccc(N(C)C)cc3)c2C)c([N+](=O)[O-])c1. The van der Waals surface area contributed by atoms with Gasteiger partial charge in [0.15, 0.2) is 5.11 Å². The van der Waals surface area contributed by atoms with Crippen LogP contribution in [0.1, 0.15) is 34.7 Å². The number of aromatic nitrogens is 2. The molecular formula is C29H30N6O3S. The van der Waals surface area contributed by atoms with E-state index in [4.69, 9.17) is 17.0 Å². The van der Waals surface area contributed by atoms with Gasteiger partial charge in [0.1, 0.15) is 11.4 Å². The van der Waals surface area contributed by atoms with Crippen molar-refractivity contribution >= 4 is 34.4 Å². The van der Waals surface area contributed by atoms with Crippen molar-refractivity contribution in [1.82, 2.24) is 14.9 Å². The number of ether oxygens (including phenoxy) is 1. The van der Waals surface area contributed by atoms with Gasteiger partial charge in [-0.05, 0) is 86.2 Å². The summed E-state index contributed by atoms with van der Waals surface area (Å²) >= 11 is 5.89. The van der Waals surface area contributed by atoms with Crippen molar-refractivity contribution < 1.29 is 9.66 Å². The molecule has 0 bridgehead atoms. The van der Waals surface area contributed by atoms with Crippen LogP contribution in [0.4, 0.5) is 17.1 Å². The molecule has 4 aromatic rings. The lowest BCUT2D eigenvalue weighted by Crippen LogP contribution is -2.29. The molecule has 2 aromatic heterocycles. The molecule has 0 saturated carbocycles. The lowest BCUT2D eigenvalue weighted by molar-refractivity contribution is -0.384. The van der Waals surface area contributed by atoms with Crippen LogP contribution >= 0.6 is 12.2 Å². The quantitative estimate of drug-likeness (QED) is 0.182. The number of aryl methyl sites for hydroxylation is 1. The fourth-order valence-electron chi connectivity index (χ4n) is 5.28. The number of nitro benzene ring substituents is 1. The summed E-state index contributed by atoms with van der Waals surface area (Å²) in [6.45, 7) is 3.94. The van der Waals surface area contributed by atoms with Crippen molar-refractivity contribution in [1.29, 1.82) is 0 Å². The Morgan fingerprint density at radius 1 is 1.08 bits per heavy atom. The highest BCUT2D eigenvalue weighted by Crippen LogP contribution is 2.44. The van der Waals surface area contributed by atoms with E-state index in [0.717, 1.165) is 34.0 Å². The zero-order valence-corrected chi connectivity index (χ0v) is 23.3. The van der Waals surface area contributed by atoms with E-state index >= 15 is 0 Å². The van der Waals surface area contributed by atoms with Crippen molar-refractivity contribution in [2.45, 2.75) is 25.9 Å². The van der Waals surface area contributed by atoms with Crippen LogP contribution in [-0.2, 0) is 0 Å². The topological polar surface area (TPSA) is 88.7 Å². The zero-order chi connectivity index (χ0) is 27.8. The Bertz CT molecular complexity index is 1530. The maximum absolute atomic E-state index is 12.0. The summed E-state index contributed by atoms with van der Waals surface area (Å²) in [5.74, 6) is 0.432. The minimum atomic E-state index is -0.377. The molecule has 0 aliphatic carbocycles.